The molecule has 4 aromatic rings. The van der Waals surface area contributed by atoms with Crippen LogP contribution in [0, 0.1) is 0 Å². The fourth-order valence-electron chi connectivity index (χ4n) is 4.82. The summed E-state index contributed by atoms with van der Waals surface area (Å²) < 4.78 is 25.6. The zero-order valence-electron chi connectivity index (χ0n) is 23.1. The lowest BCUT2D eigenvalue weighted by atomic mass is 9.93. The van der Waals surface area contributed by atoms with Gasteiger partial charge in [-0.3, -0.25) is 9.36 Å². The first kappa shape index (κ1) is 28.6. The highest BCUT2D eigenvalue weighted by molar-refractivity contribution is 9.10. The van der Waals surface area contributed by atoms with Gasteiger partial charge in [-0.2, -0.15) is 0 Å². The summed E-state index contributed by atoms with van der Waals surface area (Å²) in [5.41, 5.74) is 2.11. The number of carbonyl (C=O) groups is 1. The van der Waals surface area contributed by atoms with E-state index in [4.69, 9.17) is 23.6 Å². The maximum absolute atomic E-state index is 14.1. The van der Waals surface area contributed by atoms with Gasteiger partial charge in [0.2, 0.25) is 0 Å². The predicted octanol–water partition coefficient (Wildman–Crippen LogP) is 5.62. The van der Waals surface area contributed by atoms with Crippen molar-refractivity contribution in [2.75, 3.05) is 20.8 Å². The highest BCUT2D eigenvalue weighted by Crippen LogP contribution is 2.38. The van der Waals surface area contributed by atoms with Gasteiger partial charge < -0.3 is 18.6 Å². The lowest BCUT2D eigenvalue weighted by molar-refractivity contribution is -0.139. The smallest absolute Gasteiger partial charge is 0.338 e. The van der Waals surface area contributed by atoms with Crippen LogP contribution in [-0.4, -0.2) is 31.4 Å². The Balaban J connectivity index is 1.72. The summed E-state index contributed by atoms with van der Waals surface area (Å²) in [6.07, 6.45) is 3.00. The van der Waals surface area contributed by atoms with Crippen molar-refractivity contribution >= 4 is 39.3 Å². The number of ether oxygens (including phenoxy) is 3. The lowest BCUT2D eigenvalue weighted by Crippen LogP contribution is -2.40. The summed E-state index contributed by atoms with van der Waals surface area (Å²) in [6, 6.07) is 16.0. The number of allylic oxidation sites excluding steroid dienone is 1. The van der Waals surface area contributed by atoms with Crippen molar-refractivity contribution in [2.24, 2.45) is 4.99 Å². The number of rotatable bonds is 9. The third kappa shape index (κ3) is 5.67. The molecule has 0 radical (unpaired) electrons. The van der Waals surface area contributed by atoms with Crippen LogP contribution in [0.2, 0.25) is 0 Å². The molecule has 0 spiro atoms. The number of thiazole rings is 1. The van der Waals surface area contributed by atoms with Crippen molar-refractivity contribution in [1.82, 2.24) is 4.57 Å². The fourth-order valence-corrected chi connectivity index (χ4v) is 6.22. The monoisotopic (exact) mass is 636 g/mol. The van der Waals surface area contributed by atoms with E-state index in [0.717, 1.165) is 16.5 Å². The van der Waals surface area contributed by atoms with E-state index in [1.807, 2.05) is 43.3 Å². The van der Waals surface area contributed by atoms with Crippen LogP contribution < -0.4 is 24.4 Å². The number of hydrogen-bond acceptors (Lipinski definition) is 8. The highest BCUT2D eigenvalue weighted by atomic mass is 79.9. The zero-order valence-corrected chi connectivity index (χ0v) is 25.5. The Morgan fingerprint density at radius 2 is 1.95 bits per heavy atom. The topological polar surface area (TPSA) is 92.3 Å². The van der Waals surface area contributed by atoms with Gasteiger partial charge in [0, 0.05) is 21.7 Å². The van der Waals surface area contributed by atoms with Crippen molar-refractivity contribution in [1.29, 1.82) is 0 Å². The van der Waals surface area contributed by atoms with Crippen molar-refractivity contribution in [2.45, 2.75) is 32.7 Å². The molecule has 0 unspecified atom stereocenters. The largest absolute Gasteiger partial charge is 0.497 e. The average molecular weight is 638 g/mol. The number of halogens is 1. The van der Waals surface area contributed by atoms with E-state index >= 15 is 0 Å². The zero-order chi connectivity index (χ0) is 29.1. The second-order valence-electron chi connectivity index (χ2n) is 9.23. The summed E-state index contributed by atoms with van der Waals surface area (Å²) >= 11 is 4.74. The molecule has 0 saturated carbocycles. The second-order valence-corrected chi connectivity index (χ2v) is 11.2. The molecule has 1 aliphatic heterocycles. The van der Waals surface area contributed by atoms with E-state index in [9.17, 15) is 9.59 Å². The molecule has 0 bridgehead atoms. The molecule has 0 N–H and O–H groups in total. The van der Waals surface area contributed by atoms with E-state index in [1.54, 1.807) is 45.4 Å². The number of methoxy groups -OCH3 is 2. The van der Waals surface area contributed by atoms with E-state index < -0.39 is 12.0 Å². The van der Waals surface area contributed by atoms with Gasteiger partial charge >= 0.3 is 5.97 Å². The second kappa shape index (κ2) is 12.3. The molecule has 0 fully saturated rings. The van der Waals surface area contributed by atoms with Crippen LogP contribution in [0.5, 0.6) is 11.5 Å². The van der Waals surface area contributed by atoms with Gasteiger partial charge in [0.1, 0.15) is 29.1 Å². The van der Waals surface area contributed by atoms with Crippen LogP contribution in [0.1, 0.15) is 44.1 Å². The number of furan rings is 1. The number of carbonyl (C=O) groups excluding carboxylic acids is 1. The van der Waals surface area contributed by atoms with Crippen LogP contribution in [-0.2, 0) is 9.53 Å². The Hall–Kier alpha value is -3.89. The molecular weight excluding hydrogens is 608 g/mol. The molecule has 2 aromatic heterocycles. The van der Waals surface area contributed by atoms with Crippen LogP contribution in [0.4, 0.5) is 0 Å². The van der Waals surface area contributed by atoms with Crippen molar-refractivity contribution in [3.8, 4) is 22.8 Å². The molecule has 3 heterocycles. The lowest BCUT2D eigenvalue weighted by Gasteiger charge is -2.27. The Kier molecular flexibility index (Phi) is 8.60. The Morgan fingerprint density at radius 3 is 2.66 bits per heavy atom. The number of esters is 1. The van der Waals surface area contributed by atoms with Gasteiger partial charge in [-0.1, -0.05) is 52.7 Å². The van der Waals surface area contributed by atoms with E-state index in [0.29, 0.717) is 55.6 Å². The van der Waals surface area contributed by atoms with Crippen LogP contribution >= 0.6 is 27.3 Å². The molecule has 5 rings (SSSR count). The fraction of sp³-hybridized carbons (Fsp3) is 0.258. The maximum Gasteiger partial charge on any atom is 0.338 e. The molecular formula is C31H29BrN2O6S. The van der Waals surface area contributed by atoms with Crippen molar-refractivity contribution in [3.05, 3.63) is 101 Å². The first-order valence-corrected chi connectivity index (χ1v) is 14.8. The quantitative estimate of drug-likeness (QED) is 0.222. The molecule has 0 aliphatic carbocycles. The summed E-state index contributed by atoms with van der Waals surface area (Å²) in [6.45, 7) is 3.95. The number of benzene rings is 2. The summed E-state index contributed by atoms with van der Waals surface area (Å²) in [5.74, 6) is 1.76. The minimum Gasteiger partial charge on any atom is -0.497 e. The average Bonchev–Trinajstić information content (AvgIpc) is 3.56. The predicted molar refractivity (Wildman–Crippen MR) is 161 cm³/mol. The minimum atomic E-state index is -0.826. The highest BCUT2D eigenvalue weighted by Gasteiger charge is 2.36. The Morgan fingerprint density at radius 1 is 1.12 bits per heavy atom. The van der Waals surface area contributed by atoms with E-state index in [2.05, 4.69) is 15.9 Å². The van der Waals surface area contributed by atoms with Gasteiger partial charge in [-0.15, -0.1) is 0 Å². The van der Waals surface area contributed by atoms with Crippen LogP contribution in [0.15, 0.2) is 84.5 Å². The van der Waals surface area contributed by atoms with Crippen LogP contribution in [0.3, 0.4) is 0 Å². The normalized spacial score (nSPS) is 15.0. The number of nitrogens with zero attached hydrogens (tertiary/aromatic N) is 2. The van der Waals surface area contributed by atoms with Crippen molar-refractivity contribution < 1.29 is 23.4 Å². The SMILES string of the molecule is CCCC1=C(C(=O)OCC)[C@@H](c2cc(OC)ccc2OC)n2c(s/c(=C\c3ccc(-c4cccc(Br)c4)o3)c2=O)=N1. The van der Waals surface area contributed by atoms with Gasteiger partial charge in [-0.25, -0.2) is 9.79 Å². The maximum atomic E-state index is 14.1. The van der Waals surface area contributed by atoms with E-state index in [-0.39, 0.29) is 12.2 Å². The van der Waals surface area contributed by atoms with Crippen molar-refractivity contribution in [3.63, 3.8) is 0 Å². The first-order chi connectivity index (χ1) is 19.9. The molecule has 1 aliphatic rings. The standard InChI is InChI=1S/C31H29BrN2O6S/c1-5-8-23-27(30(36)39-6-2)28(22-16-20(37-3)11-14-25(22)38-4)34-29(35)26(41-31(34)33-23)17-21-12-13-24(40-21)18-9-7-10-19(32)15-18/h7,9-17,28H,5-6,8H2,1-4H3/b26-17-/t28-/m1/s1. The van der Waals surface area contributed by atoms with Gasteiger partial charge in [-0.05, 0) is 55.8 Å². The molecule has 41 heavy (non-hydrogen) atoms. The molecule has 0 saturated heterocycles. The minimum absolute atomic E-state index is 0.187. The number of fused-ring (bicyclic) bond motifs is 1. The molecule has 0 amide bonds. The Bertz CT molecular complexity index is 1820. The Labute approximate surface area is 249 Å². The summed E-state index contributed by atoms with van der Waals surface area (Å²) in [4.78, 5) is 32.8. The van der Waals surface area contributed by atoms with E-state index in [1.165, 1.54) is 15.9 Å². The third-order valence-electron chi connectivity index (χ3n) is 6.63. The summed E-state index contributed by atoms with van der Waals surface area (Å²) in [5, 5.41) is 0. The number of hydrogen-bond donors (Lipinski definition) is 0. The van der Waals surface area contributed by atoms with Gasteiger partial charge in [0.25, 0.3) is 5.56 Å². The third-order valence-corrected chi connectivity index (χ3v) is 8.11. The number of aromatic nitrogens is 1. The molecule has 212 valence electrons. The van der Waals surface area contributed by atoms with Crippen LogP contribution in [0.25, 0.3) is 17.4 Å². The summed E-state index contributed by atoms with van der Waals surface area (Å²) in [7, 11) is 3.11. The molecule has 8 nitrogen and oxygen atoms in total. The first-order valence-electron chi connectivity index (χ1n) is 13.2. The molecule has 10 heteroatoms. The van der Waals surface area contributed by atoms with Gasteiger partial charge in [0.05, 0.1) is 36.6 Å². The van der Waals surface area contributed by atoms with Gasteiger partial charge in [0.15, 0.2) is 4.80 Å². The molecule has 2 aromatic carbocycles. The molecule has 1 atom stereocenters.